The average Bonchev–Trinajstić information content (AvgIpc) is 2.35. The fourth-order valence-corrected chi connectivity index (χ4v) is 2.85. The summed E-state index contributed by atoms with van der Waals surface area (Å²) in [6.45, 7) is 4.13. The molecule has 1 N–H and O–H groups in total. The van der Waals surface area contributed by atoms with E-state index in [1.54, 1.807) is 6.07 Å². The van der Waals surface area contributed by atoms with Crippen LogP contribution in [0.1, 0.15) is 32.3 Å². The second kappa shape index (κ2) is 6.69. The van der Waals surface area contributed by atoms with Gasteiger partial charge in [0.15, 0.2) is 0 Å². The monoisotopic (exact) mass is 287 g/mol. The van der Waals surface area contributed by atoms with E-state index in [4.69, 9.17) is 11.6 Å². The minimum atomic E-state index is -0.543. The highest BCUT2D eigenvalue weighted by atomic mass is 35.5. The van der Waals surface area contributed by atoms with Crippen LogP contribution in [0.4, 0.5) is 4.39 Å². The maximum atomic E-state index is 13.4. The summed E-state index contributed by atoms with van der Waals surface area (Å²) >= 11 is 5.67. The summed E-state index contributed by atoms with van der Waals surface area (Å²) in [5.74, 6) is -0.435. The van der Waals surface area contributed by atoms with Crippen molar-refractivity contribution in [3.63, 3.8) is 0 Å². The van der Waals surface area contributed by atoms with Gasteiger partial charge in [-0.05, 0) is 44.6 Å². The standard InChI is InChI=1S/C15H23ClFNO/c1-5-15(6-2,18(3)4)14(19)10-11-7-8-12(16)13(17)9-11/h7-9,14,19H,5-6,10H2,1-4H3. The van der Waals surface area contributed by atoms with Crippen LogP contribution in [-0.4, -0.2) is 35.7 Å². The summed E-state index contributed by atoms with van der Waals surface area (Å²) < 4.78 is 13.4. The molecule has 0 amide bonds. The third-order valence-electron chi connectivity index (χ3n) is 4.15. The molecule has 1 aromatic rings. The molecule has 0 aliphatic heterocycles. The van der Waals surface area contributed by atoms with Crippen LogP contribution in [0, 0.1) is 5.82 Å². The van der Waals surface area contributed by atoms with Gasteiger partial charge >= 0.3 is 0 Å². The van der Waals surface area contributed by atoms with E-state index < -0.39 is 11.9 Å². The van der Waals surface area contributed by atoms with Crippen molar-refractivity contribution in [2.24, 2.45) is 0 Å². The smallest absolute Gasteiger partial charge is 0.142 e. The van der Waals surface area contributed by atoms with Crippen molar-refractivity contribution >= 4 is 11.6 Å². The molecule has 1 aromatic carbocycles. The lowest BCUT2D eigenvalue weighted by atomic mass is 9.82. The molecular weight excluding hydrogens is 265 g/mol. The summed E-state index contributed by atoms with van der Waals surface area (Å²) in [7, 11) is 3.94. The number of benzene rings is 1. The second-order valence-corrected chi connectivity index (χ2v) is 5.58. The van der Waals surface area contributed by atoms with Crippen LogP contribution >= 0.6 is 11.6 Å². The number of likely N-dealkylation sites (N-methyl/N-ethyl adjacent to an activating group) is 1. The van der Waals surface area contributed by atoms with Crippen molar-refractivity contribution in [2.45, 2.75) is 44.8 Å². The largest absolute Gasteiger partial charge is 0.391 e. The quantitative estimate of drug-likeness (QED) is 0.865. The first-order valence-electron chi connectivity index (χ1n) is 6.66. The molecule has 1 unspecified atom stereocenters. The van der Waals surface area contributed by atoms with Gasteiger partial charge in [0.25, 0.3) is 0 Å². The van der Waals surface area contributed by atoms with Crippen LogP contribution in [0.3, 0.4) is 0 Å². The van der Waals surface area contributed by atoms with Gasteiger partial charge in [0.2, 0.25) is 0 Å². The van der Waals surface area contributed by atoms with Crippen molar-refractivity contribution in [1.82, 2.24) is 4.90 Å². The highest BCUT2D eigenvalue weighted by Crippen LogP contribution is 2.28. The van der Waals surface area contributed by atoms with Gasteiger partial charge in [-0.3, -0.25) is 0 Å². The van der Waals surface area contributed by atoms with Gasteiger partial charge in [0.05, 0.1) is 11.1 Å². The van der Waals surface area contributed by atoms with Gasteiger partial charge in [-0.15, -0.1) is 0 Å². The van der Waals surface area contributed by atoms with Gasteiger partial charge in [0, 0.05) is 12.0 Å². The molecule has 0 saturated carbocycles. The first-order chi connectivity index (χ1) is 8.87. The van der Waals surface area contributed by atoms with Crippen LogP contribution in [0.25, 0.3) is 0 Å². The third kappa shape index (κ3) is 3.47. The molecule has 1 rings (SSSR count). The highest BCUT2D eigenvalue weighted by Gasteiger charge is 2.36. The van der Waals surface area contributed by atoms with Crippen molar-refractivity contribution < 1.29 is 9.50 Å². The Morgan fingerprint density at radius 3 is 2.32 bits per heavy atom. The Bertz CT molecular complexity index is 419. The molecule has 0 fully saturated rings. The first kappa shape index (κ1) is 16.4. The van der Waals surface area contributed by atoms with Crippen LogP contribution in [0.15, 0.2) is 18.2 Å². The van der Waals surface area contributed by atoms with Crippen molar-refractivity contribution in [3.8, 4) is 0 Å². The Morgan fingerprint density at radius 2 is 1.89 bits per heavy atom. The van der Waals surface area contributed by atoms with Gasteiger partial charge < -0.3 is 10.0 Å². The summed E-state index contributed by atoms with van der Waals surface area (Å²) in [5.41, 5.74) is 0.485. The number of halogens is 2. The molecule has 0 spiro atoms. The lowest BCUT2D eigenvalue weighted by Crippen LogP contribution is -2.53. The normalized spacial score (nSPS) is 13.9. The molecule has 19 heavy (non-hydrogen) atoms. The van der Waals surface area contributed by atoms with Crippen LogP contribution in [-0.2, 0) is 6.42 Å². The zero-order chi connectivity index (χ0) is 14.6. The Hall–Kier alpha value is -0.640. The zero-order valence-electron chi connectivity index (χ0n) is 12.1. The molecule has 0 heterocycles. The molecule has 4 heteroatoms. The SMILES string of the molecule is CCC(CC)(C(O)Cc1ccc(Cl)c(F)c1)N(C)C. The maximum absolute atomic E-state index is 13.4. The summed E-state index contributed by atoms with van der Waals surface area (Å²) in [4.78, 5) is 2.06. The number of nitrogens with zero attached hydrogens (tertiary/aromatic N) is 1. The van der Waals surface area contributed by atoms with E-state index in [2.05, 4.69) is 18.7 Å². The second-order valence-electron chi connectivity index (χ2n) is 5.17. The Morgan fingerprint density at radius 1 is 1.32 bits per heavy atom. The zero-order valence-corrected chi connectivity index (χ0v) is 12.8. The summed E-state index contributed by atoms with van der Waals surface area (Å²) in [5, 5.41) is 10.7. The van der Waals surface area contributed by atoms with Crippen LogP contribution in [0.2, 0.25) is 5.02 Å². The fraction of sp³-hybridized carbons (Fsp3) is 0.600. The van der Waals surface area contributed by atoms with Gasteiger partial charge in [-0.2, -0.15) is 0 Å². The molecule has 0 aromatic heterocycles. The van der Waals surface area contributed by atoms with E-state index in [0.29, 0.717) is 6.42 Å². The van der Waals surface area contributed by atoms with Gasteiger partial charge in [0.1, 0.15) is 5.82 Å². The predicted octanol–water partition coefficient (Wildman–Crippen LogP) is 3.50. The third-order valence-corrected chi connectivity index (χ3v) is 4.45. The Labute approximate surface area is 120 Å². The molecule has 0 radical (unpaired) electrons. The minimum absolute atomic E-state index is 0.114. The average molecular weight is 288 g/mol. The highest BCUT2D eigenvalue weighted by molar-refractivity contribution is 6.30. The number of aliphatic hydroxyl groups is 1. The fourth-order valence-electron chi connectivity index (χ4n) is 2.73. The molecule has 1 atom stereocenters. The molecule has 0 saturated heterocycles. The van der Waals surface area contributed by atoms with Gasteiger partial charge in [-0.1, -0.05) is 31.5 Å². The molecule has 0 bridgehead atoms. The predicted molar refractivity (Wildman–Crippen MR) is 78.1 cm³/mol. The van der Waals surface area contributed by atoms with E-state index in [9.17, 15) is 9.50 Å². The maximum Gasteiger partial charge on any atom is 0.142 e. The molecule has 0 aliphatic carbocycles. The van der Waals surface area contributed by atoms with E-state index in [0.717, 1.165) is 18.4 Å². The molecule has 2 nitrogen and oxygen atoms in total. The van der Waals surface area contributed by atoms with Crippen LogP contribution < -0.4 is 0 Å². The van der Waals surface area contributed by atoms with E-state index in [-0.39, 0.29) is 10.6 Å². The Balaban J connectivity index is 2.93. The minimum Gasteiger partial charge on any atom is -0.391 e. The van der Waals surface area contributed by atoms with Crippen molar-refractivity contribution in [2.75, 3.05) is 14.1 Å². The van der Waals surface area contributed by atoms with E-state index >= 15 is 0 Å². The topological polar surface area (TPSA) is 23.5 Å². The van der Waals surface area contributed by atoms with Gasteiger partial charge in [-0.25, -0.2) is 4.39 Å². The van der Waals surface area contributed by atoms with Crippen LogP contribution in [0.5, 0.6) is 0 Å². The lowest BCUT2D eigenvalue weighted by Gasteiger charge is -2.42. The van der Waals surface area contributed by atoms with E-state index in [1.165, 1.54) is 12.1 Å². The summed E-state index contributed by atoms with van der Waals surface area (Å²) in [6, 6.07) is 4.70. The first-order valence-corrected chi connectivity index (χ1v) is 7.04. The Kier molecular flexibility index (Phi) is 5.78. The molecule has 108 valence electrons. The number of aliphatic hydroxyl groups excluding tert-OH is 1. The number of rotatable bonds is 6. The van der Waals surface area contributed by atoms with E-state index in [1.807, 2.05) is 14.1 Å². The molecule has 0 aliphatic rings. The molecular formula is C15H23ClFNO. The van der Waals surface area contributed by atoms with Crippen molar-refractivity contribution in [3.05, 3.63) is 34.6 Å². The number of hydrogen-bond donors (Lipinski definition) is 1. The summed E-state index contributed by atoms with van der Waals surface area (Å²) in [6.07, 6.45) is 1.56. The van der Waals surface area contributed by atoms with Crippen molar-refractivity contribution in [1.29, 1.82) is 0 Å². The lowest BCUT2D eigenvalue weighted by molar-refractivity contribution is -0.0125. The number of hydrogen-bond acceptors (Lipinski definition) is 2.